The van der Waals surface area contributed by atoms with Crippen LogP contribution in [0.5, 0.6) is 5.75 Å². The van der Waals surface area contributed by atoms with Gasteiger partial charge < -0.3 is 20.5 Å². The number of hydrogen-bond acceptors (Lipinski definition) is 4. The predicted molar refractivity (Wildman–Crippen MR) is 88.2 cm³/mol. The second-order valence-electron chi connectivity index (χ2n) is 5.29. The van der Waals surface area contributed by atoms with Crippen LogP contribution in [-0.4, -0.2) is 57.4 Å². The topological polar surface area (TPSA) is 72.1 Å². The lowest BCUT2D eigenvalue weighted by atomic mass is 10.2. The zero-order valence-corrected chi connectivity index (χ0v) is 13.3. The summed E-state index contributed by atoms with van der Waals surface area (Å²) in [5.74, 6) is 1.33. The molecule has 2 rings (SSSR count). The minimum atomic E-state index is 0.491. The highest BCUT2D eigenvalue weighted by molar-refractivity contribution is 5.77. The molecule has 3 N–H and O–H groups in total. The number of benzene rings is 1. The third-order valence-electron chi connectivity index (χ3n) is 3.63. The summed E-state index contributed by atoms with van der Waals surface area (Å²) in [6, 6.07) is 7.85. The molecule has 0 atom stereocenters. The third kappa shape index (κ3) is 5.91. The molecule has 6 heteroatoms. The van der Waals surface area contributed by atoms with Gasteiger partial charge in [-0.2, -0.15) is 0 Å². The first kappa shape index (κ1) is 16.6. The van der Waals surface area contributed by atoms with Gasteiger partial charge in [0, 0.05) is 19.6 Å². The van der Waals surface area contributed by atoms with Gasteiger partial charge in [-0.25, -0.2) is 4.99 Å². The van der Waals surface area contributed by atoms with Gasteiger partial charge in [-0.15, -0.1) is 0 Å². The molecule has 0 unspecified atom stereocenters. The molecule has 0 spiro atoms. The van der Waals surface area contributed by atoms with Crippen LogP contribution in [0.1, 0.15) is 12.0 Å². The van der Waals surface area contributed by atoms with Gasteiger partial charge in [-0.3, -0.25) is 4.90 Å². The van der Waals surface area contributed by atoms with Crippen LogP contribution in [0.2, 0.25) is 0 Å². The van der Waals surface area contributed by atoms with E-state index in [1.807, 2.05) is 24.3 Å². The lowest BCUT2D eigenvalue weighted by Crippen LogP contribution is -2.39. The fourth-order valence-corrected chi connectivity index (χ4v) is 2.35. The van der Waals surface area contributed by atoms with E-state index in [1.54, 1.807) is 7.11 Å². The Labute approximate surface area is 132 Å². The molecule has 1 aliphatic rings. The van der Waals surface area contributed by atoms with Crippen molar-refractivity contribution in [3.05, 3.63) is 29.8 Å². The predicted octanol–water partition coefficient (Wildman–Crippen LogP) is 0.822. The van der Waals surface area contributed by atoms with Crippen molar-refractivity contribution >= 4 is 5.96 Å². The van der Waals surface area contributed by atoms with Crippen molar-refractivity contribution in [3.8, 4) is 5.75 Å². The van der Waals surface area contributed by atoms with Crippen molar-refractivity contribution in [2.24, 2.45) is 10.7 Å². The molecule has 0 aromatic heterocycles. The second-order valence-corrected chi connectivity index (χ2v) is 5.29. The van der Waals surface area contributed by atoms with Crippen LogP contribution in [0.25, 0.3) is 0 Å². The Morgan fingerprint density at radius 1 is 1.41 bits per heavy atom. The maximum atomic E-state index is 5.89. The maximum Gasteiger partial charge on any atom is 0.188 e. The van der Waals surface area contributed by atoms with Crippen LogP contribution in [0.3, 0.4) is 0 Å². The Kier molecular flexibility index (Phi) is 6.99. The number of hydrogen-bond donors (Lipinski definition) is 2. The van der Waals surface area contributed by atoms with E-state index in [9.17, 15) is 0 Å². The van der Waals surface area contributed by atoms with Crippen LogP contribution in [0, 0.1) is 0 Å². The fourth-order valence-electron chi connectivity index (χ4n) is 2.35. The van der Waals surface area contributed by atoms with Crippen molar-refractivity contribution in [2.45, 2.75) is 13.0 Å². The van der Waals surface area contributed by atoms with E-state index in [1.165, 1.54) is 0 Å². The van der Waals surface area contributed by atoms with Crippen molar-refractivity contribution < 1.29 is 9.47 Å². The molecule has 1 fully saturated rings. The maximum absolute atomic E-state index is 5.89. The van der Waals surface area contributed by atoms with Gasteiger partial charge in [0.15, 0.2) is 5.96 Å². The van der Waals surface area contributed by atoms with Crippen molar-refractivity contribution in [1.82, 2.24) is 10.2 Å². The molecule has 1 saturated heterocycles. The molecule has 1 heterocycles. The Balaban J connectivity index is 1.64. The largest absolute Gasteiger partial charge is 0.497 e. The smallest absolute Gasteiger partial charge is 0.188 e. The Bertz CT molecular complexity index is 473. The number of nitrogens with zero attached hydrogens (tertiary/aromatic N) is 2. The monoisotopic (exact) mass is 306 g/mol. The highest BCUT2D eigenvalue weighted by Gasteiger charge is 2.08. The number of morpholine rings is 1. The molecule has 22 heavy (non-hydrogen) atoms. The normalized spacial score (nSPS) is 16.5. The molecule has 1 aromatic rings. The Morgan fingerprint density at radius 3 is 3.00 bits per heavy atom. The molecule has 0 amide bonds. The van der Waals surface area contributed by atoms with E-state index >= 15 is 0 Å². The van der Waals surface area contributed by atoms with Gasteiger partial charge in [0.05, 0.1) is 26.9 Å². The van der Waals surface area contributed by atoms with Crippen LogP contribution in [0.4, 0.5) is 0 Å². The quantitative estimate of drug-likeness (QED) is 0.443. The molecule has 0 bridgehead atoms. The fraction of sp³-hybridized carbons (Fsp3) is 0.562. The molecule has 0 saturated carbocycles. The van der Waals surface area contributed by atoms with Gasteiger partial charge in [0.25, 0.3) is 0 Å². The molecular formula is C16H26N4O2. The molecule has 122 valence electrons. The zero-order chi connectivity index (χ0) is 15.6. The van der Waals surface area contributed by atoms with Crippen LogP contribution >= 0.6 is 0 Å². The second kappa shape index (κ2) is 9.27. The molecule has 6 nitrogen and oxygen atoms in total. The Morgan fingerprint density at radius 2 is 2.23 bits per heavy atom. The third-order valence-corrected chi connectivity index (χ3v) is 3.63. The molecule has 0 radical (unpaired) electrons. The standard InChI is InChI=1S/C16H26N4O2/c1-21-15-5-2-4-14(12-15)13-19-16(17)18-6-3-7-20-8-10-22-11-9-20/h2,4-5,12H,3,6-11,13H2,1H3,(H3,17,18,19). The van der Waals surface area contributed by atoms with E-state index < -0.39 is 0 Å². The highest BCUT2D eigenvalue weighted by atomic mass is 16.5. The first-order valence-corrected chi connectivity index (χ1v) is 7.75. The van der Waals surface area contributed by atoms with E-state index in [0.29, 0.717) is 12.5 Å². The highest BCUT2D eigenvalue weighted by Crippen LogP contribution is 2.12. The van der Waals surface area contributed by atoms with Crippen LogP contribution < -0.4 is 15.8 Å². The number of guanidine groups is 1. The number of aliphatic imine (C=N–C) groups is 1. The Hall–Kier alpha value is -1.79. The average molecular weight is 306 g/mol. The number of ether oxygens (including phenoxy) is 2. The molecular weight excluding hydrogens is 280 g/mol. The van der Waals surface area contributed by atoms with Crippen molar-refractivity contribution in [2.75, 3.05) is 46.5 Å². The van der Waals surface area contributed by atoms with E-state index in [4.69, 9.17) is 15.2 Å². The number of rotatable bonds is 7. The minimum absolute atomic E-state index is 0.491. The van der Waals surface area contributed by atoms with Gasteiger partial charge in [0.2, 0.25) is 0 Å². The van der Waals surface area contributed by atoms with E-state index in [2.05, 4.69) is 15.2 Å². The van der Waals surface area contributed by atoms with E-state index in [0.717, 1.165) is 57.1 Å². The molecule has 1 aromatic carbocycles. The number of methoxy groups -OCH3 is 1. The first-order chi connectivity index (χ1) is 10.8. The van der Waals surface area contributed by atoms with E-state index in [-0.39, 0.29) is 0 Å². The zero-order valence-electron chi connectivity index (χ0n) is 13.3. The van der Waals surface area contributed by atoms with Gasteiger partial charge in [-0.05, 0) is 30.7 Å². The summed E-state index contributed by atoms with van der Waals surface area (Å²) in [4.78, 5) is 6.76. The van der Waals surface area contributed by atoms with Crippen LogP contribution in [0.15, 0.2) is 29.3 Å². The summed E-state index contributed by atoms with van der Waals surface area (Å²) >= 11 is 0. The van der Waals surface area contributed by atoms with Crippen LogP contribution in [-0.2, 0) is 11.3 Å². The van der Waals surface area contributed by atoms with Gasteiger partial charge in [0.1, 0.15) is 5.75 Å². The first-order valence-electron chi connectivity index (χ1n) is 7.75. The van der Waals surface area contributed by atoms with Crippen molar-refractivity contribution in [3.63, 3.8) is 0 Å². The lowest BCUT2D eigenvalue weighted by Gasteiger charge is -2.26. The molecule has 0 aliphatic carbocycles. The van der Waals surface area contributed by atoms with Crippen molar-refractivity contribution in [1.29, 1.82) is 0 Å². The van der Waals surface area contributed by atoms with Gasteiger partial charge >= 0.3 is 0 Å². The summed E-state index contributed by atoms with van der Waals surface area (Å²) in [5, 5.41) is 3.16. The summed E-state index contributed by atoms with van der Waals surface area (Å²) in [6.07, 6.45) is 1.05. The average Bonchev–Trinajstić information content (AvgIpc) is 2.58. The number of nitrogens with two attached hydrogens (primary N) is 1. The summed E-state index contributed by atoms with van der Waals surface area (Å²) < 4.78 is 10.5. The SMILES string of the molecule is COc1cccc(CN=C(N)NCCCN2CCOCC2)c1. The molecule has 1 aliphatic heterocycles. The lowest BCUT2D eigenvalue weighted by molar-refractivity contribution is 0.0376. The summed E-state index contributed by atoms with van der Waals surface area (Å²) in [6.45, 7) is 6.21. The minimum Gasteiger partial charge on any atom is -0.497 e. The number of nitrogens with one attached hydrogen (secondary N) is 1. The summed E-state index contributed by atoms with van der Waals surface area (Å²) in [5.41, 5.74) is 6.97. The van der Waals surface area contributed by atoms with Gasteiger partial charge in [-0.1, -0.05) is 12.1 Å². The summed E-state index contributed by atoms with van der Waals surface area (Å²) in [7, 11) is 1.66.